The summed E-state index contributed by atoms with van der Waals surface area (Å²) in [6, 6.07) is 11.6. The van der Waals surface area contributed by atoms with Crippen LogP contribution in [0.3, 0.4) is 0 Å². The summed E-state index contributed by atoms with van der Waals surface area (Å²) < 4.78 is 20.5. The van der Waals surface area contributed by atoms with Crippen LogP contribution in [0, 0.1) is 12.7 Å². The summed E-state index contributed by atoms with van der Waals surface area (Å²) in [5.74, 6) is -0.0250. The third-order valence-electron chi connectivity index (χ3n) is 4.72. The topological polar surface area (TPSA) is 68.5 Å². The highest BCUT2D eigenvalue weighted by molar-refractivity contribution is 8.00. The van der Waals surface area contributed by atoms with Gasteiger partial charge in [-0.3, -0.25) is 9.20 Å². The van der Waals surface area contributed by atoms with Crippen LogP contribution in [0.4, 0.5) is 10.1 Å². The van der Waals surface area contributed by atoms with Crippen LogP contribution in [0.25, 0.3) is 16.6 Å². The molecule has 0 aliphatic carbocycles. The van der Waals surface area contributed by atoms with Crippen LogP contribution in [-0.2, 0) is 4.79 Å². The monoisotopic (exact) mass is 444 g/mol. The average Bonchev–Trinajstić information content (AvgIpc) is 3.12. The predicted octanol–water partition coefficient (Wildman–Crippen LogP) is 5.11. The number of ether oxygens (including phenoxy) is 1. The van der Waals surface area contributed by atoms with Crippen molar-refractivity contribution in [1.82, 2.24) is 14.6 Å². The van der Waals surface area contributed by atoms with Crippen LogP contribution in [0.2, 0.25) is 5.02 Å². The van der Waals surface area contributed by atoms with E-state index in [1.165, 1.54) is 23.9 Å². The van der Waals surface area contributed by atoms with Gasteiger partial charge in [0.1, 0.15) is 11.6 Å². The summed E-state index contributed by atoms with van der Waals surface area (Å²) in [7, 11) is 1.61. The summed E-state index contributed by atoms with van der Waals surface area (Å²) in [4.78, 5) is 12.7. The molecular weight excluding hydrogens is 427 g/mol. The molecule has 0 radical (unpaired) electrons. The van der Waals surface area contributed by atoms with Gasteiger partial charge in [0.05, 0.1) is 28.6 Å². The Kier molecular flexibility index (Phi) is 5.53. The molecule has 2 heterocycles. The van der Waals surface area contributed by atoms with E-state index >= 15 is 0 Å². The molecule has 1 N–H and O–H groups in total. The highest BCUT2D eigenvalue weighted by Crippen LogP contribution is 2.31. The molecular formula is C21H18ClFN4O2S. The van der Waals surface area contributed by atoms with Crippen LogP contribution in [0.5, 0.6) is 5.75 Å². The molecule has 4 rings (SSSR count). The van der Waals surface area contributed by atoms with E-state index in [2.05, 4.69) is 15.5 Å². The molecule has 0 fully saturated rings. The number of fused-ring (bicyclic) bond motifs is 3. The number of carbonyl (C=O) groups excluding carboxylic acids is 1. The number of anilines is 1. The minimum absolute atomic E-state index is 0.141. The average molecular weight is 445 g/mol. The van der Waals surface area contributed by atoms with Gasteiger partial charge in [0.15, 0.2) is 10.8 Å². The van der Waals surface area contributed by atoms with Gasteiger partial charge in [0, 0.05) is 11.5 Å². The lowest BCUT2D eigenvalue weighted by Crippen LogP contribution is -2.23. The fourth-order valence-corrected chi connectivity index (χ4v) is 4.22. The Hall–Kier alpha value is -2.84. The van der Waals surface area contributed by atoms with E-state index < -0.39 is 11.1 Å². The second-order valence-corrected chi connectivity index (χ2v) is 8.48. The standard InChI is InChI=1S/C21H18ClFN4O2S/c1-11-8-19-25-26-21(27(19)18-10-14(29-3)5-6-15(11)18)30-12(2)20(28)24-17-7-4-13(23)9-16(17)22/h4-10,12H,1-3H3,(H,24,28). The van der Waals surface area contributed by atoms with Gasteiger partial charge in [-0.2, -0.15) is 0 Å². The van der Waals surface area contributed by atoms with Gasteiger partial charge >= 0.3 is 0 Å². The Morgan fingerprint density at radius 1 is 1.23 bits per heavy atom. The molecule has 0 aliphatic rings. The Morgan fingerprint density at radius 2 is 2.03 bits per heavy atom. The van der Waals surface area contributed by atoms with Crippen LogP contribution < -0.4 is 10.1 Å². The van der Waals surface area contributed by atoms with E-state index in [1.54, 1.807) is 14.0 Å². The lowest BCUT2D eigenvalue weighted by atomic mass is 10.1. The molecule has 0 saturated heterocycles. The zero-order valence-electron chi connectivity index (χ0n) is 16.4. The van der Waals surface area contributed by atoms with Crippen molar-refractivity contribution in [2.75, 3.05) is 12.4 Å². The number of carbonyl (C=O) groups is 1. The van der Waals surface area contributed by atoms with Gasteiger partial charge in [0.25, 0.3) is 0 Å². The number of rotatable bonds is 5. The molecule has 9 heteroatoms. The van der Waals surface area contributed by atoms with Crippen molar-refractivity contribution < 1.29 is 13.9 Å². The molecule has 4 aromatic rings. The van der Waals surface area contributed by atoms with E-state index in [0.717, 1.165) is 28.3 Å². The minimum Gasteiger partial charge on any atom is -0.497 e. The first-order valence-corrected chi connectivity index (χ1v) is 10.4. The van der Waals surface area contributed by atoms with Gasteiger partial charge in [0.2, 0.25) is 5.91 Å². The number of amides is 1. The quantitative estimate of drug-likeness (QED) is 0.433. The lowest BCUT2D eigenvalue weighted by Gasteiger charge is -2.13. The van der Waals surface area contributed by atoms with Crippen LogP contribution in [0.1, 0.15) is 12.5 Å². The Balaban J connectivity index is 1.66. The molecule has 30 heavy (non-hydrogen) atoms. The summed E-state index contributed by atoms with van der Waals surface area (Å²) in [5.41, 5.74) is 3.00. The van der Waals surface area contributed by atoms with Gasteiger partial charge in [-0.1, -0.05) is 23.4 Å². The molecule has 1 amide bonds. The predicted molar refractivity (Wildman–Crippen MR) is 117 cm³/mol. The first-order valence-electron chi connectivity index (χ1n) is 9.12. The number of thioether (sulfide) groups is 1. The summed E-state index contributed by atoms with van der Waals surface area (Å²) in [5, 5.41) is 12.5. The fraction of sp³-hybridized carbons (Fsp3) is 0.190. The number of hydrogen-bond donors (Lipinski definition) is 1. The van der Waals surface area contributed by atoms with Gasteiger partial charge in [-0.15, -0.1) is 10.2 Å². The molecule has 6 nitrogen and oxygen atoms in total. The summed E-state index contributed by atoms with van der Waals surface area (Å²) >= 11 is 7.28. The molecule has 2 aromatic heterocycles. The van der Waals surface area contributed by atoms with Crippen molar-refractivity contribution >= 4 is 51.5 Å². The zero-order chi connectivity index (χ0) is 21.4. The third-order valence-corrected chi connectivity index (χ3v) is 6.07. The largest absolute Gasteiger partial charge is 0.497 e. The Morgan fingerprint density at radius 3 is 2.77 bits per heavy atom. The molecule has 0 bridgehead atoms. The highest BCUT2D eigenvalue weighted by Gasteiger charge is 2.20. The van der Waals surface area contributed by atoms with E-state index in [1.807, 2.05) is 35.6 Å². The van der Waals surface area contributed by atoms with Crippen molar-refractivity contribution in [1.29, 1.82) is 0 Å². The molecule has 2 aromatic carbocycles. The van der Waals surface area contributed by atoms with Crippen molar-refractivity contribution in [2.24, 2.45) is 0 Å². The summed E-state index contributed by atoms with van der Waals surface area (Å²) in [6.07, 6.45) is 0. The smallest absolute Gasteiger partial charge is 0.237 e. The highest BCUT2D eigenvalue weighted by atomic mass is 35.5. The number of halogens is 2. The van der Waals surface area contributed by atoms with Crippen molar-refractivity contribution in [3.63, 3.8) is 0 Å². The molecule has 1 unspecified atom stereocenters. The number of nitrogens with one attached hydrogen (secondary N) is 1. The van der Waals surface area contributed by atoms with Crippen LogP contribution in [-0.4, -0.2) is 32.9 Å². The minimum atomic E-state index is -0.500. The maximum absolute atomic E-state index is 13.2. The molecule has 0 spiro atoms. The SMILES string of the molecule is COc1ccc2c(C)cc3nnc(SC(C)C(=O)Nc4ccc(F)cc4Cl)n3c2c1. The third kappa shape index (κ3) is 3.80. The van der Waals surface area contributed by atoms with Crippen LogP contribution >= 0.6 is 23.4 Å². The number of benzene rings is 2. The molecule has 154 valence electrons. The lowest BCUT2D eigenvalue weighted by molar-refractivity contribution is -0.115. The number of nitrogens with zero attached hydrogens (tertiary/aromatic N) is 3. The number of aromatic nitrogens is 3. The van der Waals surface area contributed by atoms with Gasteiger partial charge in [-0.05, 0) is 55.8 Å². The van der Waals surface area contributed by atoms with Crippen LogP contribution in [0.15, 0.2) is 47.6 Å². The fourth-order valence-electron chi connectivity index (χ4n) is 3.14. The van der Waals surface area contributed by atoms with Gasteiger partial charge < -0.3 is 10.1 Å². The number of methoxy groups -OCH3 is 1. The first kappa shape index (κ1) is 20.4. The molecule has 0 aliphatic heterocycles. The Labute approximate surface area is 181 Å². The number of pyridine rings is 1. The van der Waals surface area contributed by atoms with Crippen molar-refractivity contribution in [3.8, 4) is 5.75 Å². The van der Waals surface area contributed by atoms with Crippen molar-refractivity contribution in [2.45, 2.75) is 24.3 Å². The number of hydrogen-bond acceptors (Lipinski definition) is 5. The maximum atomic E-state index is 13.2. The second-order valence-electron chi connectivity index (χ2n) is 6.76. The van der Waals surface area contributed by atoms with Gasteiger partial charge in [-0.25, -0.2) is 4.39 Å². The normalized spacial score (nSPS) is 12.3. The van der Waals surface area contributed by atoms with E-state index in [0.29, 0.717) is 16.5 Å². The van der Waals surface area contributed by atoms with E-state index in [-0.39, 0.29) is 10.9 Å². The number of aryl methyl sites for hydroxylation is 1. The molecule has 0 saturated carbocycles. The van der Waals surface area contributed by atoms with Crippen molar-refractivity contribution in [3.05, 3.63) is 58.9 Å². The summed E-state index contributed by atoms with van der Waals surface area (Å²) in [6.45, 7) is 3.77. The first-order chi connectivity index (χ1) is 14.4. The Bertz CT molecular complexity index is 1280. The zero-order valence-corrected chi connectivity index (χ0v) is 18.0. The van der Waals surface area contributed by atoms with E-state index in [9.17, 15) is 9.18 Å². The van der Waals surface area contributed by atoms with E-state index in [4.69, 9.17) is 16.3 Å². The second kappa shape index (κ2) is 8.12. The maximum Gasteiger partial charge on any atom is 0.237 e. The molecule has 1 atom stereocenters.